The lowest BCUT2D eigenvalue weighted by Gasteiger charge is -2.55. The molecule has 3 saturated carbocycles. The molecule has 3 fully saturated rings. The standard InChI is InChI=1S/C23H36N4O/c1-2-20(28)26-19-14-8-7-13-18(19)23(15-9-4-10-16-23)27-22(26)24-21(25-27)17-11-5-3-6-12-17/h17-19H,2-16H2,1H3. The largest absolute Gasteiger partial charge is 0.277 e. The molecule has 154 valence electrons. The molecule has 5 rings (SSSR count). The van der Waals surface area contributed by atoms with Gasteiger partial charge in [-0.15, -0.1) is 0 Å². The molecule has 0 N–H and O–H groups in total. The van der Waals surface area contributed by atoms with E-state index < -0.39 is 0 Å². The van der Waals surface area contributed by atoms with Crippen LogP contribution in [0.5, 0.6) is 0 Å². The molecule has 2 atom stereocenters. The van der Waals surface area contributed by atoms with Gasteiger partial charge in [-0.3, -0.25) is 9.69 Å². The van der Waals surface area contributed by atoms with Crippen LogP contribution in [0.2, 0.25) is 0 Å². The summed E-state index contributed by atoms with van der Waals surface area (Å²) in [7, 11) is 0. The third-order valence-electron chi connectivity index (χ3n) is 8.26. The molecule has 4 aliphatic rings. The van der Waals surface area contributed by atoms with Crippen molar-refractivity contribution >= 4 is 11.9 Å². The van der Waals surface area contributed by atoms with E-state index in [9.17, 15) is 4.79 Å². The highest BCUT2D eigenvalue weighted by Crippen LogP contribution is 2.53. The molecule has 1 aromatic heterocycles. The van der Waals surface area contributed by atoms with Crippen LogP contribution < -0.4 is 4.90 Å². The zero-order chi connectivity index (χ0) is 19.1. The van der Waals surface area contributed by atoms with Crippen LogP contribution >= 0.6 is 0 Å². The normalized spacial score (nSPS) is 30.1. The first-order valence-electron chi connectivity index (χ1n) is 12.0. The summed E-state index contributed by atoms with van der Waals surface area (Å²) in [6.45, 7) is 1.99. The van der Waals surface area contributed by atoms with Crippen LogP contribution in [-0.4, -0.2) is 26.7 Å². The predicted octanol–water partition coefficient (Wildman–Crippen LogP) is 5.30. The van der Waals surface area contributed by atoms with Gasteiger partial charge in [0.1, 0.15) is 0 Å². The molecule has 5 nitrogen and oxygen atoms in total. The van der Waals surface area contributed by atoms with Gasteiger partial charge in [0.2, 0.25) is 11.9 Å². The van der Waals surface area contributed by atoms with Gasteiger partial charge in [0.25, 0.3) is 0 Å². The smallest absolute Gasteiger partial charge is 0.231 e. The Morgan fingerprint density at radius 1 is 0.964 bits per heavy atom. The molecule has 2 unspecified atom stereocenters. The molecule has 0 aromatic carbocycles. The number of anilines is 1. The molecular weight excluding hydrogens is 348 g/mol. The molecule has 2 heterocycles. The molecule has 28 heavy (non-hydrogen) atoms. The van der Waals surface area contributed by atoms with Gasteiger partial charge in [-0.2, -0.15) is 10.1 Å². The second kappa shape index (κ2) is 7.46. The number of amides is 1. The molecule has 0 bridgehead atoms. The van der Waals surface area contributed by atoms with E-state index in [1.807, 2.05) is 6.92 Å². The van der Waals surface area contributed by atoms with Crippen molar-refractivity contribution in [2.24, 2.45) is 5.92 Å². The summed E-state index contributed by atoms with van der Waals surface area (Å²) in [6.07, 6.45) is 18.2. The molecule has 3 aliphatic carbocycles. The Hall–Kier alpha value is -1.39. The van der Waals surface area contributed by atoms with Crippen molar-refractivity contribution < 1.29 is 4.79 Å². The summed E-state index contributed by atoms with van der Waals surface area (Å²) < 4.78 is 2.30. The highest BCUT2D eigenvalue weighted by Gasteiger charge is 2.55. The van der Waals surface area contributed by atoms with E-state index in [1.54, 1.807) is 0 Å². The van der Waals surface area contributed by atoms with Crippen LogP contribution in [0.4, 0.5) is 5.95 Å². The Bertz CT molecular complexity index is 714. The van der Waals surface area contributed by atoms with Crippen molar-refractivity contribution in [3.8, 4) is 0 Å². The van der Waals surface area contributed by atoms with Crippen LogP contribution in [0.1, 0.15) is 115 Å². The lowest BCUT2D eigenvalue weighted by molar-refractivity contribution is -0.120. The Kier molecular flexibility index (Phi) is 4.96. The number of fused-ring (bicyclic) bond motifs is 4. The molecular formula is C23H36N4O. The summed E-state index contributed by atoms with van der Waals surface area (Å²) in [6, 6.07) is 0.343. The summed E-state index contributed by atoms with van der Waals surface area (Å²) in [5, 5.41) is 5.22. The zero-order valence-corrected chi connectivity index (χ0v) is 17.5. The maximum Gasteiger partial charge on any atom is 0.231 e. The number of nitrogens with zero attached hydrogens (tertiary/aromatic N) is 4. The van der Waals surface area contributed by atoms with Gasteiger partial charge in [0, 0.05) is 24.3 Å². The maximum absolute atomic E-state index is 13.1. The summed E-state index contributed by atoms with van der Waals surface area (Å²) in [5.41, 5.74) is 0.114. The third kappa shape index (κ3) is 2.83. The van der Waals surface area contributed by atoms with E-state index in [4.69, 9.17) is 10.1 Å². The van der Waals surface area contributed by atoms with E-state index in [0.717, 1.165) is 18.2 Å². The third-order valence-corrected chi connectivity index (χ3v) is 8.26. The first-order chi connectivity index (χ1) is 13.7. The van der Waals surface area contributed by atoms with Crippen molar-refractivity contribution in [2.75, 3.05) is 4.90 Å². The lowest BCUT2D eigenvalue weighted by atomic mass is 9.64. The first-order valence-corrected chi connectivity index (χ1v) is 12.0. The quantitative estimate of drug-likeness (QED) is 0.695. The van der Waals surface area contributed by atoms with E-state index >= 15 is 0 Å². The molecule has 1 spiro atoms. The molecule has 1 amide bonds. The second-order valence-electron chi connectivity index (χ2n) is 9.76. The first kappa shape index (κ1) is 18.6. The molecule has 1 aliphatic heterocycles. The van der Waals surface area contributed by atoms with E-state index in [-0.39, 0.29) is 11.4 Å². The Morgan fingerprint density at radius 3 is 2.39 bits per heavy atom. The number of carbonyl (C=O) groups excluding carboxylic acids is 1. The van der Waals surface area contributed by atoms with Crippen molar-refractivity contribution in [2.45, 2.75) is 121 Å². The predicted molar refractivity (Wildman–Crippen MR) is 110 cm³/mol. The summed E-state index contributed by atoms with van der Waals surface area (Å²) in [4.78, 5) is 20.3. The van der Waals surface area contributed by atoms with Gasteiger partial charge in [-0.05, 0) is 38.5 Å². The number of rotatable bonds is 2. The van der Waals surface area contributed by atoms with Gasteiger partial charge in [-0.1, -0.05) is 58.3 Å². The van der Waals surface area contributed by atoms with Crippen molar-refractivity contribution in [3.63, 3.8) is 0 Å². The van der Waals surface area contributed by atoms with Crippen molar-refractivity contribution in [1.29, 1.82) is 0 Å². The van der Waals surface area contributed by atoms with Crippen LogP contribution in [0.25, 0.3) is 0 Å². The highest BCUT2D eigenvalue weighted by atomic mass is 16.2. The maximum atomic E-state index is 13.1. The second-order valence-corrected chi connectivity index (χ2v) is 9.76. The van der Waals surface area contributed by atoms with Gasteiger partial charge in [0.05, 0.1) is 5.54 Å². The number of carbonyl (C=O) groups is 1. The fourth-order valence-corrected chi connectivity index (χ4v) is 6.87. The lowest BCUT2D eigenvalue weighted by Crippen LogP contribution is -2.61. The SMILES string of the molecule is CCC(=O)N1c2nc(C3CCCCC3)nn2C2(CCCCC2)C2CCCCC21. The minimum absolute atomic E-state index is 0.114. The monoisotopic (exact) mass is 384 g/mol. The number of hydrogen-bond acceptors (Lipinski definition) is 3. The Labute approximate surface area is 169 Å². The fourth-order valence-electron chi connectivity index (χ4n) is 6.87. The van der Waals surface area contributed by atoms with Crippen molar-refractivity contribution in [1.82, 2.24) is 14.8 Å². The highest BCUT2D eigenvalue weighted by molar-refractivity contribution is 5.92. The fraction of sp³-hybridized carbons (Fsp3) is 0.870. The van der Waals surface area contributed by atoms with Gasteiger partial charge in [-0.25, -0.2) is 4.68 Å². The van der Waals surface area contributed by atoms with Crippen LogP contribution in [0, 0.1) is 5.92 Å². The molecule has 1 aromatic rings. The van der Waals surface area contributed by atoms with E-state index in [0.29, 0.717) is 24.3 Å². The minimum Gasteiger partial charge on any atom is -0.277 e. The average molecular weight is 385 g/mol. The molecule has 0 radical (unpaired) electrons. The molecule has 5 heteroatoms. The van der Waals surface area contributed by atoms with Crippen molar-refractivity contribution in [3.05, 3.63) is 5.82 Å². The van der Waals surface area contributed by atoms with Gasteiger partial charge in [0.15, 0.2) is 5.82 Å². The molecule has 0 saturated heterocycles. The van der Waals surface area contributed by atoms with E-state index in [1.165, 1.54) is 83.5 Å². The Balaban J connectivity index is 1.63. The van der Waals surface area contributed by atoms with E-state index in [2.05, 4.69) is 9.58 Å². The minimum atomic E-state index is 0.114. The Morgan fingerprint density at radius 2 is 1.64 bits per heavy atom. The topological polar surface area (TPSA) is 51.0 Å². The number of hydrogen-bond donors (Lipinski definition) is 0. The summed E-state index contributed by atoms with van der Waals surface area (Å²) >= 11 is 0. The average Bonchev–Trinajstić information content (AvgIpc) is 3.21. The zero-order valence-electron chi connectivity index (χ0n) is 17.5. The van der Waals surface area contributed by atoms with Gasteiger partial charge < -0.3 is 0 Å². The number of aromatic nitrogens is 3. The van der Waals surface area contributed by atoms with Gasteiger partial charge >= 0.3 is 0 Å². The summed E-state index contributed by atoms with van der Waals surface area (Å²) in [5.74, 6) is 3.23. The van der Waals surface area contributed by atoms with Crippen LogP contribution in [0.15, 0.2) is 0 Å². The van der Waals surface area contributed by atoms with Crippen LogP contribution in [-0.2, 0) is 10.3 Å². The van der Waals surface area contributed by atoms with Crippen LogP contribution in [0.3, 0.4) is 0 Å².